The molecule has 0 bridgehead atoms. The Balaban J connectivity index is 1.50. The molecule has 0 fully saturated rings. The Morgan fingerprint density at radius 1 is 1.00 bits per heavy atom. The first-order chi connectivity index (χ1) is 15.5. The van der Waals surface area contributed by atoms with E-state index < -0.39 is 0 Å². The van der Waals surface area contributed by atoms with E-state index >= 15 is 0 Å². The highest BCUT2D eigenvalue weighted by atomic mass is 32.1. The highest BCUT2D eigenvalue weighted by Crippen LogP contribution is 2.20. The predicted octanol–water partition coefficient (Wildman–Crippen LogP) is 5.38. The number of carbonyl (C=O) groups is 1. The topological polar surface area (TPSA) is 59.6 Å². The normalized spacial score (nSPS) is 10.3. The van der Waals surface area contributed by atoms with Crippen molar-refractivity contribution in [2.24, 2.45) is 0 Å². The van der Waals surface area contributed by atoms with E-state index in [1.807, 2.05) is 37.3 Å². The molecule has 0 spiro atoms. The maximum absolute atomic E-state index is 13.0. The Morgan fingerprint density at radius 3 is 2.38 bits per heavy atom. The zero-order valence-electron chi connectivity index (χ0n) is 18.0. The maximum atomic E-state index is 13.0. The lowest BCUT2D eigenvalue weighted by atomic mass is 10.1. The van der Waals surface area contributed by atoms with Gasteiger partial charge >= 0.3 is 5.97 Å². The zero-order chi connectivity index (χ0) is 22.9. The molecule has 5 nitrogen and oxygen atoms in total. The van der Waals surface area contributed by atoms with Gasteiger partial charge in [0.15, 0.2) is 5.11 Å². The minimum Gasteiger partial charge on any atom is -0.489 e. The monoisotopic (exact) mass is 452 g/mol. The van der Waals surface area contributed by atoms with Gasteiger partial charge in [0.05, 0.1) is 12.2 Å². The van der Waals surface area contributed by atoms with Crippen LogP contribution in [0.1, 0.15) is 34.0 Å². The molecular weight excluding hydrogens is 427 g/mol. The van der Waals surface area contributed by atoms with Crippen molar-refractivity contribution in [2.45, 2.75) is 27.0 Å². The summed E-state index contributed by atoms with van der Waals surface area (Å²) in [7, 11) is 0. The van der Waals surface area contributed by atoms with Gasteiger partial charge in [0.2, 0.25) is 0 Å². The van der Waals surface area contributed by atoms with Crippen molar-refractivity contribution in [2.75, 3.05) is 11.9 Å². The van der Waals surface area contributed by atoms with E-state index in [2.05, 4.69) is 10.6 Å². The fourth-order valence-corrected chi connectivity index (χ4v) is 3.18. The number of thiocarbonyl (C=S) groups is 1. The van der Waals surface area contributed by atoms with Crippen molar-refractivity contribution in [3.05, 3.63) is 94.8 Å². The molecular formula is C25H25FN2O3S. The molecule has 0 aromatic heterocycles. The number of anilines is 1. The highest BCUT2D eigenvalue weighted by molar-refractivity contribution is 7.80. The fraction of sp³-hybridized carbons (Fsp3) is 0.200. The number of hydrogen-bond donors (Lipinski definition) is 2. The van der Waals surface area contributed by atoms with Crippen LogP contribution in [-0.2, 0) is 17.9 Å². The third-order valence-electron chi connectivity index (χ3n) is 4.77. The van der Waals surface area contributed by atoms with Gasteiger partial charge in [-0.05, 0) is 79.2 Å². The summed E-state index contributed by atoms with van der Waals surface area (Å²) in [5.74, 6) is 0.110. The lowest BCUT2D eigenvalue weighted by Crippen LogP contribution is -2.28. The van der Waals surface area contributed by atoms with Gasteiger partial charge in [-0.1, -0.05) is 30.3 Å². The van der Waals surface area contributed by atoms with Crippen LogP contribution in [0.25, 0.3) is 0 Å². The Bertz CT molecular complexity index is 1070. The summed E-state index contributed by atoms with van der Waals surface area (Å²) in [6.45, 7) is 4.85. The minimum atomic E-state index is -0.353. The first-order valence-corrected chi connectivity index (χ1v) is 10.6. The van der Waals surface area contributed by atoms with Gasteiger partial charge in [-0.2, -0.15) is 0 Å². The number of rotatable bonds is 8. The van der Waals surface area contributed by atoms with Crippen LogP contribution in [0.4, 0.5) is 10.1 Å². The second-order valence-corrected chi connectivity index (χ2v) is 7.47. The van der Waals surface area contributed by atoms with Gasteiger partial charge in [0.1, 0.15) is 18.2 Å². The Hall–Kier alpha value is -3.45. The Labute approximate surface area is 192 Å². The zero-order valence-corrected chi connectivity index (χ0v) is 18.8. The van der Waals surface area contributed by atoms with Gasteiger partial charge < -0.3 is 20.1 Å². The molecule has 0 saturated heterocycles. The Kier molecular flexibility index (Phi) is 8.16. The molecule has 0 aliphatic heterocycles. The number of carbonyl (C=O) groups excluding carboxylic acids is 1. The number of benzene rings is 3. The molecule has 32 heavy (non-hydrogen) atoms. The second kappa shape index (κ2) is 11.2. The molecule has 0 saturated carbocycles. The molecule has 0 radical (unpaired) electrons. The van der Waals surface area contributed by atoms with Crippen LogP contribution >= 0.6 is 12.2 Å². The number of esters is 1. The van der Waals surface area contributed by atoms with Gasteiger partial charge in [0.25, 0.3) is 0 Å². The van der Waals surface area contributed by atoms with Crippen LogP contribution in [0, 0.1) is 12.7 Å². The molecule has 0 heterocycles. The van der Waals surface area contributed by atoms with Crippen LogP contribution < -0.4 is 15.4 Å². The molecule has 3 rings (SSSR count). The van der Waals surface area contributed by atoms with E-state index in [4.69, 9.17) is 21.7 Å². The predicted molar refractivity (Wildman–Crippen MR) is 127 cm³/mol. The van der Waals surface area contributed by atoms with E-state index in [1.54, 1.807) is 31.2 Å². The molecule has 0 unspecified atom stereocenters. The van der Waals surface area contributed by atoms with Crippen LogP contribution in [-0.4, -0.2) is 17.7 Å². The summed E-state index contributed by atoms with van der Waals surface area (Å²) in [6, 6.07) is 19.3. The number of nitrogens with one attached hydrogen (secondary N) is 2. The van der Waals surface area contributed by atoms with E-state index in [9.17, 15) is 9.18 Å². The molecule has 0 amide bonds. The van der Waals surface area contributed by atoms with E-state index in [1.165, 1.54) is 12.1 Å². The van der Waals surface area contributed by atoms with Gasteiger partial charge in [-0.15, -0.1) is 0 Å². The summed E-state index contributed by atoms with van der Waals surface area (Å²) in [6.07, 6.45) is 0. The standard InChI is InChI=1S/C25H25FN2O3S/c1-3-30-24(29)22-5-4-6-23(17(22)2)28-25(32)27-15-18-9-13-21(14-10-18)31-16-19-7-11-20(26)12-8-19/h4-14H,3,15-16H2,1-2H3,(H2,27,28,32). The van der Waals surface area contributed by atoms with E-state index in [0.29, 0.717) is 30.4 Å². The largest absolute Gasteiger partial charge is 0.489 e. The van der Waals surface area contributed by atoms with Crippen LogP contribution in [0.2, 0.25) is 0 Å². The lowest BCUT2D eigenvalue weighted by Gasteiger charge is -2.15. The molecule has 7 heteroatoms. The van der Waals surface area contributed by atoms with Crippen LogP contribution in [0.15, 0.2) is 66.7 Å². The van der Waals surface area contributed by atoms with Gasteiger partial charge in [-0.3, -0.25) is 0 Å². The summed E-state index contributed by atoms with van der Waals surface area (Å²) < 4.78 is 23.8. The summed E-state index contributed by atoms with van der Waals surface area (Å²) in [5, 5.41) is 6.74. The second-order valence-electron chi connectivity index (χ2n) is 7.07. The maximum Gasteiger partial charge on any atom is 0.338 e. The average Bonchev–Trinajstić information content (AvgIpc) is 2.79. The summed E-state index contributed by atoms with van der Waals surface area (Å²) >= 11 is 5.40. The van der Waals surface area contributed by atoms with Crippen LogP contribution in [0.5, 0.6) is 5.75 Å². The van der Waals surface area contributed by atoms with Crippen LogP contribution in [0.3, 0.4) is 0 Å². The van der Waals surface area contributed by atoms with Crippen molar-refractivity contribution >= 4 is 29.0 Å². The minimum absolute atomic E-state index is 0.264. The average molecular weight is 453 g/mol. The number of hydrogen-bond acceptors (Lipinski definition) is 4. The molecule has 0 aliphatic rings. The van der Waals surface area contributed by atoms with Crippen molar-refractivity contribution in [1.82, 2.24) is 5.32 Å². The van der Waals surface area contributed by atoms with Gasteiger partial charge in [0, 0.05) is 12.2 Å². The third-order valence-corrected chi connectivity index (χ3v) is 5.02. The van der Waals surface area contributed by atoms with Gasteiger partial charge in [-0.25, -0.2) is 9.18 Å². The number of ether oxygens (including phenoxy) is 2. The first-order valence-electron chi connectivity index (χ1n) is 10.2. The van der Waals surface area contributed by atoms with Crippen molar-refractivity contribution in [1.29, 1.82) is 0 Å². The van der Waals surface area contributed by atoms with Crippen molar-refractivity contribution < 1.29 is 18.7 Å². The highest BCUT2D eigenvalue weighted by Gasteiger charge is 2.13. The molecule has 3 aromatic rings. The quantitative estimate of drug-likeness (QED) is 0.354. The smallest absolute Gasteiger partial charge is 0.338 e. The van der Waals surface area contributed by atoms with E-state index in [0.717, 1.165) is 28.1 Å². The van der Waals surface area contributed by atoms with Crippen molar-refractivity contribution in [3.8, 4) is 5.75 Å². The summed E-state index contributed by atoms with van der Waals surface area (Å²) in [4.78, 5) is 12.1. The SMILES string of the molecule is CCOC(=O)c1cccc(NC(=S)NCc2ccc(OCc3ccc(F)cc3)cc2)c1C. The molecule has 0 atom stereocenters. The molecule has 166 valence electrons. The molecule has 3 aromatic carbocycles. The Morgan fingerprint density at radius 2 is 1.69 bits per heavy atom. The van der Waals surface area contributed by atoms with E-state index in [-0.39, 0.29) is 11.8 Å². The first kappa shape index (κ1) is 23.2. The van der Waals surface area contributed by atoms with Crippen molar-refractivity contribution in [3.63, 3.8) is 0 Å². The number of halogens is 1. The third kappa shape index (κ3) is 6.52. The fourth-order valence-electron chi connectivity index (χ4n) is 3.00. The molecule has 0 aliphatic carbocycles. The lowest BCUT2D eigenvalue weighted by molar-refractivity contribution is 0.0525. The summed E-state index contributed by atoms with van der Waals surface area (Å²) in [5.41, 5.74) is 3.96. The molecule has 2 N–H and O–H groups in total.